The molecule has 0 radical (unpaired) electrons. The van der Waals surface area contributed by atoms with Gasteiger partial charge in [0.15, 0.2) is 17.4 Å². The summed E-state index contributed by atoms with van der Waals surface area (Å²) in [7, 11) is 1.51. The van der Waals surface area contributed by atoms with E-state index in [1.807, 2.05) is 4.90 Å². The van der Waals surface area contributed by atoms with Crippen molar-refractivity contribution in [3.05, 3.63) is 42.0 Å². The number of alkyl halides is 1. The van der Waals surface area contributed by atoms with Gasteiger partial charge in [-0.1, -0.05) is 0 Å². The molecule has 3 heterocycles. The first-order valence-corrected chi connectivity index (χ1v) is 8.81. The minimum Gasteiger partial charge on any atom is -0.494 e. The largest absolute Gasteiger partial charge is 0.494 e. The number of ether oxygens (including phenoxy) is 1. The van der Waals surface area contributed by atoms with E-state index in [0.717, 1.165) is 12.1 Å². The molecule has 1 fully saturated rings. The van der Waals surface area contributed by atoms with Crippen LogP contribution in [0.15, 0.2) is 24.5 Å². The number of fused-ring (bicyclic) bond motifs is 1. The molecule has 148 valence electrons. The highest BCUT2D eigenvalue weighted by molar-refractivity contribution is 5.79. The Morgan fingerprint density at radius 2 is 1.93 bits per heavy atom. The van der Waals surface area contributed by atoms with Crippen molar-refractivity contribution in [1.82, 2.24) is 19.5 Å². The molecule has 0 bridgehead atoms. The standard InChI is InChI=1S/C18H19F3N6O/c1-28-10-6-23-17(24-7-10)9-27-16-5-13(21)12(20)4-15(16)25-18(27)26-3-2-11(19)14(22)8-26/h4-7,11,14H,2-3,8-9,22H2,1H3/t11-,14-/m1/s1. The first-order chi connectivity index (χ1) is 13.5. The number of hydrogen-bond donors (Lipinski definition) is 1. The molecule has 3 aromatic rings. The topological polar surface area (TPSA) is 82.1 Å². The molecular weight excluding hydrogens is 373 g/mol. The van der Waals surface area contributed by atoms with Crippen LogP contribution >= 0.6 is 0 Å². The van der Waals surface area contributed by atoms with E-state index < -0.39 is 23.8 Å². The molecule has 28 heavy (non-hydrogen) atoms. The van der Waals surface area contributed by atoms with Crippen LogP contribution < -0.4 is 15.4 Å². The summed E-state index contributed by atoms with van der Waals surface area (Å²) in [5, 5.41) is 0. The van der Waals surface area contributed by atoms with Crippen molar-refractivity contribution in [2.45, 2.75) is 25.2 Å². The van der Waals surface area contributed by atoms with Gasteiger partial charge < -0.3 is 19.9 Å². The van der Waals surface area contributed by atoms with Gasteiger partial charge in [0, 0.05) is 25.2 Å². The van der Waals surface area contributed by atoms with Crippen molar-refractivity contribution in [2.75, 3.05) is 25.1 Å². The molecule has 0 amide bonds. The molecule has 1 saturated heterocycles. The first kappa shape index (κ1) is 18.5. The zero-order valence-corrected chi connectivity index (χ0v) is 15.1. The van der Waals surface area contributed by atoms with Crippen molar-refractivity contribution in [3.8, 4) is 5.75 Å². The SMILES string of the molecule is COc1cnc(Cn2c(N3CC[C@@H](F)[C@H](N)C3)nc3cc(F)c(F)cc32)nc1. The maximum absolute atomic E-state index is 13.9. The second kappa shape index (κ2) is 7.27. The number of rotatable bonds is 4. The predicted octanol–water partition coefficient (Wildman–Crippen LogP) is 2.04. The maximum atomic E-state index is 13.9. The Morgan fingerprint density at radius 1 is 1.21 bits per heavy atom. The van der Waals surface area contributed by atoms with Crippen molar-refractivity contribution in [2.24, 2.45) is 5.73 Å². The number of benzene rings is 1. The van der Waals surface area contributed by atoms with Gasteiger partial charge in [0.25, 0.3) is 0 Å². The lowest BCUT2D eigenvalue weighted by atomic mass is 10.1. The van der Waals surface area contributed by atoms with E-state index in [4.69, 9.17) is 10.5 Å². The Bertz CT molecular complexity index is 993. The summed E-state index contributed by atoms with van der Waals surface area (Å²) in [4.78, 5) is 14.7. The molecule has 2 atom stereocenters. The van der Waals surface area contributed by atoms with Crippen LogP contribution in [0.5, 0.6) is 5.75 Å². The molecule has 7 nitrogen and oxygen atoms in total. The molecule has 2 aromatic heterocycles. The van der Waals surface area contributed by atoms with Crippen LogP contribution in [0.2, 0.25) is 0 Å². The van der Waals surface area contributed by atoms with Crippen molar-refractivity contribution in [1.29, 1.82) is 0 Å². The molecule has 0 unspecified atom stereocenters. The Balaban J connectivity index is 1.77. The van der Waals surface area contributed by atoms with Crippen LogP contribution in [0.4, 0.5) is 19.1 Å². The average molecular weight is 392 g/mol. The molecule has 0 aliphatic carbocycles. The second-order valence-corrected chi connectivity index (χ2v) is 6.71. The van der Waals surface area contributed by atoms with E-state index in [0.29, 0.717) is 35.1 Å². The van der Waals surface area contributed by atoms with E-state index in [-0.39, 0.29) is 19.5 Å². The Labute approximate surface area is 159 Å². The maximum Gasteiger partial charge on any atom is 0.207 e. The summed E-state index contributed by atoms with van der Waals surface area (Å²) in [6.07, 6.45) is 2.21. The Hall–Kier alpha value is -2.88. The van der Waals surface area contributed by atoms with Crippen LogP contribution in [0.1, 0.15) is 12.2 Å². The molecule has 1 aliphatic rings. The van der Waals surface area contributed by atoms with Crippen molar-refractivity contribution >= 4 is 17.0 Å². The Morgan fingerprint density at radius 3 is 2.61 bits per heavy atom. The van der Waals surface area contributed by atoms with Gasteiger partial charge in [0.05, 0.1) is 43.1 Å². The highest BCUT2D eigenvalue weighted by Crippen LogP contribution is 2.28. The highest BCUT2D eigenvalue weighted by Gasteiger charge is 2.29. The van der Waals surface area contributed by atoms with Crippen LogP contribution in [0.25, 0.3) is 11.0 Å². The molecule has 1 aromatic carbocycles. The third-order valence-electron chi connectivity index (χ3n) is 4.84. The fraction of sp³-hybridized carbons (Fsp3) is 0.389. The fourth-order valence-corrected chi connectivity index (χ4v) is 3.31. The molecule has 0 spiro atoms. The normalized spacial score (nSPS) is 20.0. The predicted molar refractivity (Wildman–Crippen MR) is 97.0 cm³/mol. The molecule has 4 rings (SSSR count). The van der Waals surface area contributed by atoms with E-state index in [2.05, 4.69) is 15.0 Å². The summed E-state index contributed by atoms with van der Waals surface area (Å²) in [6.45, 7) is 0.817. The minimum atomic E-state index is -1.09. The summed E-state index contributed by atoms with van der Waals surface area (Å²) >= 11 is 0. The molecule has 0 saturated carbocycles. The lowest BCUT2D eigenvalue weighted by Gasteiger charge is -2.34. The molecular formula is C18H19F3N6O. The van der Waals surface area contributed by atoms with Crippen LogP contribution in [-0.4, -0.2) is 51.9 Å². The van der Waals surface area contributed by atoms with E-state index in [1.54, 1.807) is 4.57 Å². The van der Waals surface area contributed by atoms with E-state index in [1.165, 1.54) is 19.5 Å². The number of nitrogens with two attached hydrogens (primary N) is 1. The Kier molecular flexibility index (Phi) is 4.80. The van der Waals surface area contributed by atoms with Gasteiger partial charge in [-0.15, -0.1) is 0 Å². The monoisotopic (exact) mass is 392 g/mol. The quantitative estimate of drug-likeness (QED) is 0.732. The fourth-order valence-electron chi connectivity index (χ4n) is 3.31. The zero-order valence-electron chi connectivity index (χ0n) is 15.1. The smallest absolute Gasteiger partial charge is 0.207 e. The number of imidazole rings is 1. The van der Waals surface area contributed by atoms with Crippen LogP contribution in [-0.2, 0) is 6.54 Å². The number of nitrogens with zero attached hydrogens (tertiary/aromatic N) is 5. The molecule has 1 aliphatic heterocycles. The summed E-state index contributed by atoms with van der Waals surface area (Å²) in [6, 6.07) is 1.47. The summed E-state index contributed by atoms with van der Waals surface area (Å²) < 4.78 is 48.1. The third kappa shape index (κ3) is 3.35. The lowest BCUT2D eigenvalue weighted by molar-refractivity contribution is 0.243. The molecule has 10 heteroatoms. The number of methoxy groups -OCH3 is 1. The third-order valence-corrected chi connectivity index (χ3v) is 4.84. The van der Waals surface area contributed by atoms with Crippen molar-refractivity contribution in [3.63, 3.8) is 0 Å². The lowest BCUT2D eigenvalue weighted by Crippen LogP contribution is -2.50. The zero-order chi connectivity index (χ0) is 19.8. The van der Waals surface area contributed by atoms with Gasteiger partial charge in [0.1, 0.15) is 12.0 Å². The van der Waals surface area contributed by atoms with Gasteiger partial charge >= 0.3 is 0 Å². The second-order valence-electron chi connectivity index (χ2n) is 6.71. The van der Waals surface area contributed by atoms with Crippen LogP contribution in [0.3, 0.4) is 0 Å². The minimum absolute atomic E-state index is 0.172. The van der Waals surface area contributed by atoms with Gasteiger partial charge in [-0.2, -0.15) is 0 Å². The van der Waals surface area contributed by atoms with E-state index in [9.17, 15) is 13.2 Å². The molecule has 2 N–H and O–H groups in total. The first-order valence-electron chi connectivity index (χ1n) is 8.81. The summed E-state index contributed by atoms with van der Waals surface area (Å²) in [5.74, 6) is -0.570. The van der Waals surface area contributed by atoms with Gasteiger partial charge in [0.2, 0.25) is 5.95 Å². The van der Waals surface area contributed by atoms with Crippen molar-refractivity contribution < 1.29 is 17.9 Å². The number of piperidine rings is 1. The number of hydrogen-bond acceptors (Lipinski definition) is 6. The van der Waals surface area contributed by atoms with Gasteiger partial charge in [-0.3, -0.25) is 0 Å². The average Bonchev–Trinajstić information content (AvgIpc) is 3.02. The van der Waals surface area contributed by atoms with E-state index >= 15 is 0 Å². The van der Waals surface area contributed by atoms with Gasteiger partial charge in [-0.25, -0.2) is 28.1 Å². The summed E-state index contributed by atoms with van der Waals surface area (Å²) in [5.41, 5.74) is 6.55. The number of aromatic nitrogens is 4. The number of anilines is 1. The highest BCUT2D eigenvalue weighted by atomic mass is 19.2. The van der Waals surface area contributed by atoms with Crippen LogP contribution in [0, 0.1) is 11.6 Å². The van der Waals surface area contributed by atoms with Gasteiger partial charge in [-0.05, 0) is 6.42 Å². The number of halogens is 3.